The Morgan fingerprint density at radius 3 is 2.68 bits per heavy atom. The molecule has 94 valence electrons. The van der Waals surface area contributed by atoms with Crippen LogP contribution in [0.25, 0.3) is 22.2 Å². The molecule has 0 aliphatic rings. The third-order valence-corrected chi connectivity index (χ3v) is 3.18. The van der Waals surface area contributed by atoms with Crippen LogP contribution in [0.15, 0.2) is 42.7 Å². The van der Waals surface area contributed by atoms with Gasteiger partial charge < -0.3 is 10.7 Å². The van der Waals surface area contributed by atoms with E-state index in [0.29, 0.717) is 10.6 Å². The summed E-state index contributed by atoms with van der Waals surface area (Å²) in [6.45, 7) is 0. The quantitative estimate of drug-likeness (QED) is 0.752. The lowest BCUT2D eigenvalue weighted by Crippen LogP contribution is -2.10. The van der Waals surface area contributed by atoms with Crippen molar-refractivity contribution in [1.29, 1.82) is 0 Å². The molecule has 3 N–H and O–H groups in total. The maximum absolute atomic E-state index is 11.0. The summed E-state index contributed by atoms with van der Waals surface area (Å²) in [5, 5.41) is 1.53. The second-order valence-corrected chi connectivity index (χ2v) is 4.63. The highest BCUT2D eigenvalue weighted by Crippen LogP contribution is 2.29. The molecule has 0 unspecified atom stereocenters. The minimum absolute atomic E-state index is 0.435. The van der Waals surface area contributed by atoms with Crippen LogP contribution in [0.3, 0.4) is 0 Å². The fourth-order valence-corrected chi connectivity index (χ4v) is 2.19. The largest absolute Gasteiger partial charge is 0.366 e. The van der Waals surface area contributed by atoms with E-state index in [2.05, 4.69) is 9.97 Å². The molecule has 0 aliphatic heterocycles. The van der Waals surface area contributed by atoms with Crippen LogP contribution in [-0.4, -0.2) is 15.9 Å². The summed E-state index contributed by atoms with van der Waals surface area (Å²) in [5.41, 5.74) is 8.44. The number of carbonyl (C=O) groups is 1. The third kappa shape index (κ3) is 2.06. The number of nitrogens with zero attached hydrogens (tertiary/aromatic N) is 1. The summed E-state index contributed by atoms with van der Waals surface area (Å²) in [7, 11) is 0. The third-order valence-electron chi connectivity index (χ3n) is 2.98. The van der Waals surface area contributed by atoms with Gasteiger partial charge in [-0.05, 0) is 23.8 Å². The fourth-order valence-electron chi connectivity index (χ4n) is 2.03. The first kappa shape index (κ1) is 11.7. The first-order chi connectivity index (χ1) is 9.15. The average molecular weight is 272 g/mol. The molecule has 0 saturated carbocycles. The van der Waals surface area contributed by atoms with Gasteiger partial charge in [-0.2, -0.15) is 0 Å². The molecular formula is C14H10ClN3O. The summed E-state index contributed by atoms with van der Waals surface area (Å²) in [5.74, 6) is -0.435. The van der Waals surface area contributed by atoms with Crippen molar-refractivity contribution in [3.8, 4) is 11.1 Å². The van der Waals surface area contributed by atoms with Crippen LogP contribution >= 0.6 is 11.6 Å². The van der Waals surface area contributed by atoms with Gasteiger partial charge in [0.2, 0.25) is 5.91 Å². The maximum Gasteiger partial charge on any atom is 0.248 e. The number of hydrogen-bond acceptors (Lipinski definition) is 2. The number of pyridine rings is 1. The molecule has 1 amide bonds. The zero-order valence-electron chi connectivity index (χ0n) is 9.85. The zero-order chi connectivity index (χ0) is 13.4. The highest BCUT2D eigenvalue weighted by Gasteiger charge is 2.08. The zero-order valence-corrected chi connectivity index (χ0v) is 10.6. The molecule has 19 heavy (non-hydrogen) atoms. The first-order valence-corrected chi connectivity index (χ1v) is 6.06. The molecule has 1 aromatic carbocycles. The molecule has 5 heteroatoms. The minimum atomic E-state index is -0.435. The highest BCUT2D eigenvalue weighted by atomic mass is 35.5. The fraction of sp³-hybridized carbons (Fsp3) is 0. The van der Waals surface area contributed by atoms with Crippen LogP contribution < -0.4 is 5.73 Å². The van der Waals surface area contributed by atoms with Crippen LogP contribution in [-0.2, 0) is 0 Å². The number of H-pyrrole nitrogens is 1. The van der Waals surface area contributed by atoms with Gasteiger partial charge in [-0.25, -0.2) is 4.98 Å². The molecule has 0 fully saturated rings. The Balaban J connectivity index is 2.13. The number of amides is 1. The van der Waals surface area contributed by atoms with Gasteiger partial charge in [0.25, 0.3) is 0 Å². The van der Waals surface area contributed by atoms with E-state index in [4.69, 9.17) is 17.3 Å². The standard InChI is InChI=1S/C14H10ClN3O/c15-10-5-11-12(7-18-14(11)17-6-10)8-1-3-9(4-2-8)13(16)19/h1-7H,(H2,16,19)(H,17,18). The Morgan fingerprint density at radius 2 is 2.00 bits per heavy atom. The molecule has 0 atom stereocenters. The molecule has 0 spiro atoms. The van der Waals surface area contributed by atoms with Crippen molar-refractivity contribution in [3.05, 3.63) is 53.3 Å². The van der Waals surface area contributed by atoms with Crippen molar-refractivity contribution in [3.63, 3.8) is 0 Å². The second kappa shape index (κ2) is 4.40. The highest BCUT2D eigenvalue weighted by molar-refractivity contribution is 6.31. The van der Waals surface area contributed by atoms with E-state index in [1.54, 1.807) is 18.3 Å². The van der Waals surface area contributed by atoms with Crippen LogP contribution in [0, 0.1) is 0 Å². The van der Waals surface area contributed by atoms with Gasteiger partial charge >= 0.3 is 0 Å². The molecule has 0 bridgehead atoms. The molecule has 0 aliphatic carbocycles. The number of hydrogen-bond donors (Lipinski definition) is 2. The molecule has 4 nitrogen and oxygen atoms in total. The Labute approximate surface area is 114 Å². The van der Waals surface area contributed by atoms with E-state index in [1.807, 2.05) is 24.4 Å². The van der Waals surface area contributed by atoms with Crippen molar-refractivity contribution in [2.24, 2.45) is 5.73 Å². The number of nitrogens with two attached hydrogens (primary N) is 1. The molecule has 0 radical (unpaired) electrons. The van der Waals surface area contributed by atoms with Gasteiger partial charge in [-0.1, -0.05) is 23.7 Å². The number of fused-ring (bicyclic) bond motifs is 1. The summed E-state index contributed by atoms with van der Waals surface area (Å²) in [6, 6.07) is 8.97. The average Bonchev–Trinajstić information content (AvgIpc) is 2.81. The van der Waals surface area contributed by atoms with E-state index in [9.17, 15) is 4.79 Å². The molecule has 0 saturated heterocycles. The smallest absolute Gasteiger partial charge is 0.248 e. The van der Waals surface area contributed by atoms with Crippen molar-refractivity contribution >= 4 is 28.5 Å². The van der Waals surface area contributed by atoms with Crippen LogP contribution in [0.2, 0.25) is 5.02 Å². The number of rotatable bonds is 2. The van der Waals surface area contributed by atoms with Crippen molar-refractivity contribution in [1.82, 2.24) is 9.97 Å². The van der Waals surface area contributed by atoms with Gasteiger partial charge in [-0.15, -0.1) is 0 Å². The van der Waals surface area contributed by atoms with E-state index >= 15 is 0 Å². The summed E-state index contributed by atoms with van der Waals surface area (Å²) < 4.78 is 0. The lowest BCUT2D eigenvalue weighted by Gasteiger charge is -2.01. The molecule has 2 heterocycles. The number of aromatic amines is 1. The normalized spacial score (nSPS) is 10.8. The van der Waals surface area contributed by atoms with E-state index in [0.717, 1.165) is 22.2 Å². The minimum Gasteiger partial charge on any atom is -0.366 e. The van der Waals surface area contributed by atoms with Gasteiger partial charge in [0.15, 0.2) is 0 Å². The first-order valence-electron chi connectivity index (χ1n) is 5.68. The van der Waals surface area contributed by atoms with Gasteiger partial charge in [-0.3, -0.25) is 4.79 Å². The topological polar surface area (TPSA) is 71.8 Å². The second-order valence-electron chi connectivity index (χ2n) is 4.19. The molecule has 2 aromatic heterocycles. The number of nitrogens with one attached hydrogen (secondary N) is 1. The summed E-state index contributed by atoms with van der Waals surface area (Å²) >= 11 is 5.96. The van der Waals surface area contributed by atoms with E-state index in [-0.39, 0.29) is 0 Å². The number of benzene rings is 1. The SMILES string of the molecule is NC(=O)c1ccc(-c2c[nH]c3ncc(Cl)cc23)cc1. The van der Waals surface area contributed by atoms with E-state index in [1.165, 1.54) is 0 Å². The Morgan fingerprint density at radius 1 is 1.26 bits per heavy atom. The monoisotopic (exact) mass is 271 g/mol. The molecule has 3 aromatic rings. The predicted molar refractivity (Wildman–Crippen MR) is 75.1 cm³/mol. The summed E-state index contributed by atoms with van der Waals surface area (Å²) in [6.07, 6.45) is 3.47. The Bertz CT molecular complexity index is 762. The predicted octanol–water partition coefficient (Wildman–Crippen LogP) is 2.98. The van der Waals surface area contributed by atoms with Crippen molar-refractivity contribution < 1.29 is 4.79 Å². The van der Waals surface area contributed by atoms with Crippen molar-refractivity contribution in [2.75, 3.05) is 0 Å². The van der Waals surface area contributed by atoms with Crippen LogP contribution in [0.5, 0.6) is 0 Å². The van der Waals surface area contributed by atoms with Crippen molar-refractivity contribution in [2.45, 2.75) is 0 Å². The van der Waals surface area contributed by atoms with Gasteiger partial charge in [0.1, 0.15) is 5.65 Å². The molecular weight excluding hydrogens is 262 g/mol. The Kier molecular flexibility index (Phi) is 2.72. The number of carbonyl (C=O) groups excluding carboxylic acids is 1. The number of halogens is 1. The van der Waals surface area contributed by atoms with Gasteiger partial charge in [0.05, 0.1) is 5.02 Å². The summed E-state index contributed by atoms with van der Waals surface area (Å²) in [4.78, 5) is 18.3. The van der Waals surface area contributed by atoms with Crippen LogP contribution in [0.1, 0.15) is 10.4 Å². The van der Waals surface area contributed by atoms with E-state index < -0.39 is 5.91 Å². The van der Waals surface area contributed by atoms with Gasteiger partial charge in [0, 0.05) is 28.9 Å². The Hall–Kier alpha value is -2.33. The lowest BCUT2D eigenvalue weighted by molar-refractivity contribution is 0.100. The van der Waals surface area contributed by atoms with Crippen LogP contribution in [0.4, 0.5) is 0 Å². The maximum atomic E-state index is 11.0. The molecule has 3 rings (SSSR count). The number of primary amides is 1. The lowest BCUT2D eigenvalue weighted by atomic mass is 10.0. The number of aromatic nitrogens is 2.